The Morgan fingerprint density at radius 1 is 1.28 bits per heavy atom. The largest absolute Gasteiger partial charge is 0.502 e. The molecule has 0 saturated carbocycles. The Morgan fingerprint density at radius 2 is 2.00 bits per heavy atom. The molecule has 4 N–H and O–H groups in total. The molecule has 2 aliphatic rings. The third-order valence-electron chi connectivity index (χ3n) is 6.32. The van der Waals surface area contributed by atoms with E-state index in [1.807, 2.05) is 0 Å². The van der Waals surface area contributed by atoms with Crippen molar-refractivity contribution < 1.29 is 42.6 Å². The van der Waals surface area contributed by atoms with Gasteiger partial charge in [-0.25, -0.2) is 8.78 Å². The van der Waals surface area contributed by atoms with Gasteiger partial charge in [0.05, 0.1) is 19.4 Å². The van der Waals surface area contributed by atoms with Crippen LogP contribution in [0.5, 0.6) is 5.75 Å². The number of rotatable bonds is 6. The zero-order valence-corrected chi connectivity index (χ0v) is 19.9. The van der Waals surface area contributed by atoms with E-state index in [-0.39, 0.29) is 31.7 Å². The highest BCUT2D eigenvalue weighted by Gasteiger charge is 2.52. The fourth-order valence-electron chi connectivity index (χ4n) is 4.35. The minimum atomic E-state index is -4.51. The van der Waals surface area contributed by atoms with Crippen molar-refractivity contribution in [2.75, 3.05) is 38.0 Å². The van der Waals surface area contributed by atoms with Gasteiger partial charge in [0.2, 0.25) is 5.43 Å². The summed E-state index contributed by atoms with van der Waals surface area (Å²) in [5.74, 6) is -4.55. The number of aromatic nitrogens is 1. The second-order valence-corrected chi connectivity index (χ2v) is 10.3. The highest BCUT2D eigenvalue weighted by molar-refractivity contribution is 7.51. The van der Waals surface area contributed by atoms with Gasteiger partial charge in [-0.1, -0.05) is 6.07 Å². The van der Waals surface area contributed by atoms with Gasteiger partial charge >= 0.3 is 7.60 Å². The molecule has 1 fully saturated rings. The number of carbonyl (C=O) groups is 2. The van der Waals surface area contributed by atoms with Gasteiger partial charge < -0.3 is 29.8 Å². The maximum absolute atomic E-state index is 13.9. The van der Waals surface area contributed by atoms with E-state index >= 15 is 0 Å². The number of aromatic hydroxyl groups is 1. The van der Waals surface area contributed by atoms with Crippen molar-refractivity contribution in [3.63, 3.8) is 0 Å². The third-order valence-corrected chi connectivity index (χ3v) is 7.10. The van der Waals surface area contributed by atoms with Crippen LogP contribution in [-0.4, -0.2) is 74.9 Å². The van der Waals surface area contributed by atoms with Gasteiger partial charge in [0.15, 0.2) is 17.1 Å². The van der Waals surface area contributed by atoms with Crippen molar-refractivity contribution in [2.24, 2.45) is 0 Å². The lowest BCUT2D eigenvalue weighted by Crippen LogP contribution is -2.70. The number of halogens is 2. The first-order valence-electron chi connectivity index (χ1n) is 10.7. The summed E-state index contributed by atoms with van der Waals surface area (Å²) in [6, 6.07) is 2.74. The standard InChI is InChI=1S/C21H23F2N4O8P/c1-25-20(31)16-18(29)17(28)14(19(30)24-9-12-2-3-13(22)8-15(12)23)10-26(16)27(5-7-36(32,33)34)21(25)4-6-35-11-21/h2-3,8,10,29H,4-7,9,11H2,1H3,(H,24,30)(H2,32,33,34)/t21-/m0/s1. The van der Waals surface area contributed by atoms with Crippen molar-refractivity contribution in [1.82, 2.24) is 14.9 Å². The minimum Gasteiger partial charge on any atom is -0.502 e. The van der Waals surface area contributed by atoms with E-state index in [9.17, 15) is 42.6 Å². The smallest absolute Gasteiger partial charge is 0.327 e. The number of ether oxygens (including phenoxy) is 1. The summed E-state index contributed by atoms with van der Waals surface area (Å²) in [5, 5.41) is 14.3. The molecule has 36 heavy (non-hydrogen) atoms. The molecule has 0 unspecified atom stereocenters. The maximum atomic E-state index is 13.9. The highest BCUT2D eigenvalue weighted by Crippen LogP contribution is 2.39. The number of pyridine rings is 1. The molecule has 4 rings (SSSR count). The van der Waals surface area contributed by atoms with Gasteiger partial charge in [-0.05, 0) is 6.07 Å². The van der Waals surface area contributed by atoms with Crippen molar-refractivity contribution in [2.45, 2.75) is 18.6 Å². The molecule has 3 heterocycles. The highest BCUT2D eigenvalue weighted by atomic mass is 31.2. The van der Waals surface area contributed by atoms with Crippen LogP contribution in [-0.2, 0) is 15.8 Å². The first-order valence-corrected chi connectivity index (χ1v) is 12.5. The number of benzene rings is 1. The van der Waals surface area contributed by atoms with Crippen LogP contribution in [0.3, 0.4) is 0 Å². The molecule has 1 aromatic heterocycles. The molecule has 0 radical (unpaired) electrons. The molecule has 1 atom stereocenters. The van der Waals surface area contributed by atoms with Gasteiger partial charge in [-0.3, -0.25) is 28.6 Å². The first kappa shape index (κ1) is 25.8. The van der Waals surface area contributed by atoms with Crippen molar-refractivity contribution in [3.05, 3.63) is 63.1 Å². The molecule has 2 aromatic rings. The van der Waals surface area contributed by atoms with Crippen LogP contribution in [0.2, 0.25) is 0 Å². The summed E-state index contributed by atoms with van der Waals surface area (Å²) in [5.41, 5.74) is -3.54. The zero-order chi connectivity index (χ0) is 26.4. The van der Waals surface area contributed by atoms with Crippen LogP contribution in [0.1, 0.15) is 32.8 Å². The number of hydrogen-bond acceptors (Lipinski definition) is 7. The van der Waals surface area contributed by atoms with Crippen LogP contribution < -0.4 is 15.8 Å². The number of hydrogen-bond donors (Lipinski definition) is 4. The summed E-state index contributed by atoms with van der Waals surface area (Å²) in [7, 11) is -3.10. The molecule has 1 aromatic carbocycles. The predicted molar refractivity (Wildman–Crippen MR) is 120 cm³/mol. The molecule has 194 valence electrons. The van der Waals surface area contributed by atoms with E-state index in [1.165, 1.54) is 17.0 Å². The van der Waals surface area contributed by atoms with Gasteiger partial charge in [-0.15, -0.1) is 0 Å². The molecular formula is C21H23F2N4O8P. The van der Waals surface area contributed by atoms with Gasteiger partial charge in [0, 0.05) is 44.4 Å². The summed E-state index contributed by atoms with van der Waals surface area (Å²) >= 11 is 0. The number of nitrogens with zero attached hydrogens (tertiary/aromatic N) is 3. The molecule has 2 amide bonds. The first-order chi connectivity index (χ1) is 16.9. The Kier molecular flexibility index (Phi) is 6.64. The average molecular weight is 528 g/mol. The van der Waals surface area contributed by atoms with Crippen LogP contribution in [0.25, 0.3) is 0 Å². The second-order valence-electron chi connectivity index (χ2n) is 8.49. The van der Waals surface area contributed by atoms with Crippen LogP contribution in [0, 0.1) is 11.6 Å². The third kappa shape index (κ3) is 4.48. The summed E-state index contributed by atoms with van der Waals surface area (Å²) < 4.78 is 45.2. The van der Waals surface area contributed by atoms with E-state index in [2.05, 4.69) is 5.32 Å². The Hall–Kier alpha value is -3.32. The molecule has 1 spiro atoms. The Balaban J connectivity index is 1.76. The van der Waals surface area contributed by atoms with Gasteiger partial charge in [0.1, 0.15) is 17.2 Å². The van der Waals surface area contributed by atoms with Crippen molar-refractivity contribution in [3.8, 4) is 5.75 Å². The van der Waals surface area contributed by atoms with Crippen molar-refractivity contribution in [1.29, 1.82) is 0 Å². The van der Waals surface area contributed by atoms with Gasteiger partial charge in [0.25, 0.3) is 11.8 Å². The molecule has 0 aliphatic carbocycles. The predicted octanol–water partition coefficient (Wildman–Crippen LogP) is 0.0800. The quantitative estimate of drug-likeness (QED) is 0.381. The number of amides is 2. The summed E-state index contributed by atoms with van der Waals surface area (Å²) in [6.07, 6.45) is 0.598. The van der Waals surface area contributed by atoms with E-state index in [0.29, 0.717) is 6.07 Å². The zero-order valence-electron chi connectivity index (χ0n) is 19.0. The Morgan fingerprint density at radius 3 is 2.61 bits per heavy atom. The van der Waals surface area contributed by atoms with E-state index in [1.54, 1.807) is 0 Å². The lowest BCUT2D eigenvalue weighted by Gasteiger charge is -2.52. The summed E-state index contributed by atoms with van der Waals surface area (Å²) in [4.78, 5) is 58.9. The Bertz CT molecular complexity index is 1340. The topological polar surface area (TPSA) is 162 Å². The number of fused-ring (bicyclic) bond motifs is 1. The van der Waals surface area contributed by atoms with E-state index in [4.69, 9.17) is 4.74 Å². The minimum absolute atomic E-state index is 0.0336. The van der Waals surface area contributed by atoms with Crippen LogP contribution >= 0.6 is 7.60 Å². The van der Waals surface area contributed by atoms with E-state index in [0.717, 1.165) is 23.0 Å². The lowest BCUT2D eigenvalue weighted by molar-refractivity contribution is 0.0307. The lowest BCUT2D eigenvalue weighted by atomic mass is 10.0. The van der Waals surface area contributed by atoms with E-state index < -0.39 is 71.8 Å². The van der Waals surface area contributed by atoms with Crippen LogP contribution in [0.15, 0.2) is 29.2 Å². The SMILES string of the molecule is CN1C(=O)c2c(O)c(=O)c(C(=O)NCc3ccc(F)cc3F)cn2N(CCP(=O)(O)O)[C@]12CCOC2. The fourth-order valence-corrected chi connectivity index (χ4v) is 4.80. The Labute approximate surface area is 202 Å². The average Bonchev–Trinajstić information content (AvgIpc) is 3.28. The fraction of sp³-hybridized carbons (Fsp3) is 0.381. The van der Waals surface area contributed by atoms with Crippen LogP contribution in [0.4, 0.5) is 8.78 Å². The number of nitrogens with one attached hydrogen (secondary N) is 1. The molecule has 1 saturated heterocycles. The summed E-state index contributed by atoms with van der Waals surface area (Å²) in [6.45, 7) is -0.535. The number of likely N-dealkylation sites (N-methyl/N-ethyl adjacent to an activating group) is 1. The maximum Gasteiger partial charge on any atom is 0.327 e. The number of carbonyl (C=O) groups excluding carboxylic acids is 2. The molecule has 0 bridgehead atoms. The van der Waals surface area contributed by atoms with Gasteiger partial charge in [-0.2, -0.15) is 0 Å². The normalized spacial score (nSPS) is 19.6. The monoisotopic (exact) mass is 528 g/mol. The molecule has 2 aliphatic heterocycles. The second kappa shape index (κ2) is 9.28. The molecular weight excluding hydrogens is 505 g/mol. The van der Waals surface area contributed by atoms with Crippen molar-refractivity contribution >= 4 is 19.4 Å². The molecule has 15 heteroatoms. The molecule has 12 nitrogen and oxygen atoms in total.